The Labute approximate surface area is 191 Å². The topological polar surface area (TPSA) is 65.0 Å². The first kappa shape index (κ1) is 21.4. The molecule has 0 aliphatic heterocycles. The first-order valence-corrected chi connectivity index (χ1v) is 10.7. The third kappa shape index (κ3) is 4.73. The minimum atomic E-state index is 0.679. The highest BCUT2D eigenvalue weighted by Gasteiger charge is 2.15. The van der Waals surface area contributed by atoms with Gasteiger partial charge in [0.05, 0.1) is 38.1 Å². The molecule has 0 fully saturated rings. The van der Waals surface area contributed by atoms with Crippen LogP contribution < -0.4 is 19.6 Å². The summed E-state index contributed by atoms with van der Waals surface area (Å²) in [5.41, 5.74) is 6.89. The van der Waals surface area contributed by atoms with Gasteiger partial charge in [-0.3, -0.25) is 5.43 Å². The van der Waals surface area contributed by atoms with Crippen molar-refractivity contribution in [3.8, 4) is 38.9 Å². The number of aromatic nitrogens is 1. The van der Waals surface area contributed by atoms with E-state index >= 15 is 0 Å². The number of rotatable bonds is 8. The van der Waals surface area contributed by atoms with Crippen molar-refractivity contribution in [2.24, 2.45) is 5.10 Å². The third-order valence-corrected chi connectivity index (χ3v) is 5.84. The van der Waals surface area contributed by atoms with Gasteiger partial charge in [-0.05, 0) is 42.0 Å². The first-order valence-electron chi connectivity index (χ1n) is 9.93. The minimum Gasteiger partial charge on any atom is -0.497 e. The Morgan fingerprint density at radius 2 is 1.53 bits per heavy atom. The summed E-state index contributed by atoms with van der Waals surface area (Å²) in [6, 6.07) is 23.7. The van der Waals surface area contributed by atoms with E-state index in [9.17, 15) is 0 Å². The summed E-state index contributed by atoms with van der Waals surface area (Å²) in [5, 5.41) is 5.07. The molecular formula is C25H23N3O3S. The van der Waals surface area contributed by atoms with Gasteiger partial charge in [0.2, 0.25) is 5.13 Å². The van der Waals surface area contributed by atoms with E-state index in [1.807, 2.05) is 60.7 Å². The lowest BCUT2D eigenvalue weighted by Crippen LogP contribution is -1.95. The molecule has 0 amide bonds. The molecule has 6 nitrogen and oxygen atoms in total. The second kappa shape index (κ2) is 9.98. The number of nitrogens with one attached hydrogen (secondary N) is 1. The average Bonchev–Trinajstić information content (AvgIpc) is 3.29. The van der Waals surface area contributed by atoms with Crippen LogP contribution >= 0.6 is 11.3 Å². The molecule has 1 heterocycles. The molecule has 0 saturated heterocycles. The number of hydrazone groups is 1. The smallest absolute Gasteiger partial charge is 0.204 e. The van der Waals surface area contributed by atoms with Crippen molar-refractivity contribution < 1.29 is 14.2 Å². The lowest BCUT2D eigenvalue weighted by atomic mass is 10.1. The number of hydrogen-bond acceptors (Lipinski definition) is 7. The molecule has 4 aromatic rings. The summed E-state index contributed by atoms with van der Waals surface area (Å²) < 4.78 is 16.0. The maximum atomic E-state index is 5.43. The molecule has 1 aromatic heterocycles. The van der Waals surface area contributed by atoms with E-state index < -0.39 is 0 Å². The fourth-order valence-electron chi connectivity index (χ4n) is 3.18. The van der Waals surface area contributed by atoms with Crippen LogP contribution in [0.25, 0.3) is 21.7 Å². The molecule has 3 aromatic carbocycles. The lowest BCUT2D eigenvalue weighted by Gasteiger charge is -2.06. The number of thiazole rings is 1. The first-order chi connectivity index (χ1) is 15.7. The van der Waals surface area contributed by atoms with Gasteiger partial charge in [-0.2, -0.15) is 5.10 Å². The van der Waals surface area contributed by atoms with Gasteiger partial charge < -0.3 is 14.2 Å². The monoisotopic (exact) mass is 445 g/mol. The second-order valence-corrected chi connectivity index (χ2v) is 7.77. The fraction of sp³-hybridized carbons (Fsp3) is 0.120. The van der Waals surface area contributed by atoms with Gasteiger partial charge in [-0.1, -0.05) is 41.7 Å². The molecule has 0 atom stereocenters. The number of ether oxygens (including phenoxy) is 3. The minimum absolute atomic E-state index is 0.679. The van der Waals surface area contributed by atoms with Crippen LogP contribution in [-0.4, -0.2) is 32.5 Å². The predicted octanol–water partition coefficient (Wildman–Crippen LogP) is 5.95. The second-order valence-electron chi connectivity index (χ2n) is 6.77. The largest absolute Gasteiger partial charge is 0.497 e. The van der Waals surface area contributed by atoms with Gasteiger partial charge in [-0.15, -0.1) is 0 Å². The molecule has 0 aliphatic rings. The van der Waals surface area contributed by atoms with Gasteiger partial charge in [0.1, 0.15) is 17.2 Å². The van der Waals surface area contributed by atoms with Gasteiger partial charge in [-0.25, -0.2) is 4.98 Å². The molecule has 0 bridgehead atoms. The lowest BCUT2D eigenvalue weighted by molar-refractivity contribution is 0.394. The van der Waals surface area contributed by atoms with Crippen molar-refractivity contribution in [1.29, 1.82) is 0 Å². The Morgan fingerprint density at radius 3 is 2.22 bits per heavy atom. The molecule has 0 aliphatic carbocycles. The van der Waals surface area contributed by atoms with Crippen LogP contribution in [0.4, 0.5) is 5.13 Å². The van der Waals surface area contributed by atoms with Crippen LogP contribution in [0.5, 0.6) is 17.2 Å². The standard InChI is InChI=1S/C25H23N3O3S/c1-29-20-12-9-17(10-13-20)23-24(18-7-5-4-6-8-18)32-25(27-23)28-26-16-19-11-14-21(30-2)15-22(19)31-3/h4-16H,1-3H3,(H,27,28)/b26-16-. The maximum Gasteiger partial charge on any atom is 0.204 e. The van der Waals surface area contributed by atoms with Crippen LogP contribution in [0.2, 0.25) is 0 Å². The van der Waals surface area contributed by atoms with Crippen molar-refractivity contribution in [3.63, 3.8) is 0 Å². The van der Waals surface area contributed by atoms with E-state index in [1.54, 1.807) is 38.9 Å². The highest BCUT2D eigenvalue weighted by molar-refractivity contribution is 7.19. The molecule has 0 radical (unpaired) electrons. The van der Waals surface area contributed by atoms with E-state index in [-0.39, 0.29) is 0 Å². The number of hydrogen-bond donors (Lipinski definition) is 1. The maximum absolute atomic E-state index is 5.43. The summed E-state index contributed by atoms with van der Waals surface area (Å²) in [6.07, 6.45) is 1.70. The molecule has 0 unspecified atom stereocenters. The SMILES string of the molecule is COc1ccc(-c2nc(N/N=C\c3ccc(OC)cc3OC)sc2-c2ccccc2)cc1. The molecule has 32 heavy (non-hydrogen) atoms. The number of nitrogens with zero attached hydrogens (tertiary/aromatic N) is 2. The Hall–Kier alpha value is -3.84. The Bertz CT molecular complexity index is 1210. The van der Waals surface area contributed by atoms with Crippen LogP contribution in [0, 0.1) is 0 Å². The van der Waals surface area contributed by atoms with Crippen molar-refractivity contribution in [2.45, 2.75) is 0 Å². The van der Waals surface area contributed by atoms with Crippen molar-refractivity contribution in [1.82, 2.24) is 4.98 Å². The number of methoxy groups -OCH3 is 3. The van der Waals surface area contributed by atoms with Crippen LogP contribution in [0.1, 0.15) is 5.56 Å². The number of anilines is 1. The molecular weight excluding hydrogens is 422 g/mol. The van der Waals surface area contributed by atoms with Gasteiger partial charge >= 0.3 is 0 Å². The third-order valence-electron chi connectivity index (χ3n) is 4.83. The summed E-state index contributed by atoms with van der Waals surface area (Å²) in [6.45, 7) is 0. The molecule has 162 valence electrons. The highest BCUT2D eigenvalue weighted by Crippen LogP contribution is 2.39. The Kier molecular flexibility index (Phi) is 6.67. The van der Waals surface area contributed by atoms with Crippen LogP contribution in [0.3, 0.4) is 0 Å². The van der Waals surface area contributed by atoms with Crippen LogP contribution in [0.15, 0.2) is 77.9 Å². The molecule has 0 spiro atoms. The van der Waals surface area contributed by atoms with E-state index in [1.165, 1.54) is 0 Å². The van der Waals surface area contributed by atoms with Gasteiger partial charge in [0.25, 0.3) is 0 Å². The van der Waals surface area contributed by atoms with Gasteiger partial charge in [0, 0.05) is 17.2 Å². The van der Waals surface area contributed by atoms with Crippen molar-refractivity contribution in [2.75, 3.05) is 26.8 Å². The van der Waals surface area contributed by atoms with Crippen molar-refractivity contribution >= 4 is 22.7 Å². The Morgan fingerprint density at radius 1 is 0.812 bits per heavy atom. The molecule has 7 heteroatoms. The van der Waals surface area contributed by atoms with E-state index in [2.05, 4.69) is 22.7 Å². The zero-order valence-corrected chi connectivity index (χ0v) is 18.8. The fourth-order valence-corrected chi connectivity index (χ4v) is 4.12. The quantitative estimate of drug-likeness (QED) is 0.268. The van der Waals surface area contributed by atoms with E-state index in [0.717, 1.165) is 38.8 Å². The number of benzene rings is 3. The van der Waals surface area contributed by atoms with E-state index in [4.69, 9.17) is 19.2 Å². The van der Waals surface area contributed by atoms with E-state index in [0.29, 0.717) is 10.9 Å². The van der Waals surface area contributed by atoms with Crippen molar-refractivity contribution in [3.05, 3.63) is 78.4 Å². The summed E-state index contributed by atoms with van der Waals surface area (Å²) in [7, 11) is 4.90. The average molecular weight is 446 g/mol. The Balaban J connectivity index is 1.63. The molecule has 1 N–H and O–H groups in total. The normalized spacial score (nSPS) is 10.8. The summed E-state index contributed by atoms with van der Waals surface area (Å²) in [4.78, 5) is 5.88. The van der Waals surface area contributed by atoms with Crippen LogP contribution in [-0.2, 0) is 0 Å². The van der Waals surface area contributed by atoms with Gasteiger partial charge in [0.15, 0.2) is 0 Å². The predicted molar refractivity (Wildman–Crippen MR) is 130 cm³/mol. The zero-order valence-electron chi connectivity index (χ0n) is 18.0. The zero-order chi connectivity index (χ0) is 22.3. The molecule has 4 rings (SSSR count). The molecule has 0 saturated carbocycles. The summed E-state index contributed by atoms with van der Waals surface area (Å²) >= 11 is 1.55. The summed E-state index contributed by atoms with van der Waals surface area (Å²) in [5.74, 6) is 2.21. The highest BCUT2D eigenvalue weighted by atomic mass is 32.1.